The Labute approximate surface area is 101 Å². The van der Waals surface area contributed by atoms with Crippen LogP contribution in [0.2, 0.25) is 0 Å². The summed E-state index contributed by atoms with van der Waals surface area (Å²) in [6.07, 6.45) is 1.90. The summed E-state index contributed by atoms with van der Waals surface area (Å²) in [5.41, 5.74) is 0. The molecule has 1 rings (SSSR count). The number of carbonyl (C=O) groups excluding carboxylic acids is 1. The smallest absolute Gasteiger partial charge is 0.362 e. The molecule has 1 fully saturated rings. The molecule has 88 valence electrons. The van der Waals surface area contributed by atoms with E-state index < -0.39 is 15.7 Å². The molecule has 15 heavy (non-hydrogen) atoms. The maximum absolute atomic E-state index is 10.2. The Kier molecular flexibility index (Phi) is 6.28. The molecule has 5 nitrogen and oxygen atoms in total. The third-order valence-corrected chi connectivity index (χ3v) is 2.18. The first-order valence-electron chi connectivity index (χ1n) is 4.09. The van der Waals surface area contributed by atoms with Gasteiger partial charge in [0.2, 0.25) is 3.79 Å². The minimum absolute atomic E-state index is 0.144. The van der Waals surface area contributed by atoms with Crippen LogP contribution in [0.25, 0.3) is 0 Å². The van der Waals surface area contributed by atoms with Crippen LogP contribution in [0.15, 0.2) is 0 Å². The van der Waals surface area contributed by atoms with Crippen molar-refractivity contribution >= 4 is 46.7 Å². The highest BCUT2D eigenvalue weighted by atomic mass is 35.6. The van der Waals surface area contributed by atoms with Crippen molar-refractivity contribution < 1.29 is 25.1 Å². The lowest BCUT2D eigenvalue weighted by atomic mass is 10.2. The molecule has 0 amide bonds. The third kappa shape index (κ3) is 6.78. The Morgan fingerprint density at radius 1 is 1.40 bits per heavy atom. The van der Waals surface area contributed by atoms with E-state index in [0.717, 1.165) is 19.4 Å². The Morgan fingerprint density at radius 2 is 1.87 bits per heavy atom. The molecule has 1 aliphatic heterocycles. The first-order valence-corrected chi connectivity index (χ1v) is 5.23. The van der Waals surface area contributed by atoms with Crippen LogP contribution >= 0.6 is 34.8 Å². The van der Waals surface area contributed by atoms with Gasteiger partial charge in [-0.1, -0.05) is 34.8 Å². The lowest BCUT2D eigenvalue weighted by molar-refractivity contribution is -0.658. The fraction of sp³-hybridized carbons (Fsp3) is 0.714. The topological polar surface area (TPSA) is 94.0 Å². The lowest BCUT2D eigenvalue weighted by Crippen LogP contribution is -2.88. The van der Waals surface area contributed by atoms with Crippen molar-refractivity contribution in [1.82, 2.24) is 0 Å². The minimum atomic E-state index is -2.28. The van der Waals surface area contributed by atoms with Crippen molar-refractivity contribution in [2.45, 2.75) is 22.7 Å². The highest BCUT2D eigenvalue weighted by Gasteiger charge is 2.24. The fourth-order valence-corrected chi connectivity index (χ4v) is 0.999. The molecule has 0 aromatic heterocycles. The molecule has 0 spiro atoms. The average Bonchev–Trinajstić information content (AvgIpc) is 2.54. The molecule has 1 heterocycles. The van der Waals surface area contributed by atoms with Gasteiger partial charge in [-0.2, -0.15) is 0 Å². The number of hydrogen-bond donors (Lipinski definition) is 2. The summed E-state index contributed by atoms with van der Waals surface area (Å²) in [6.45, 7) is 0.983. The van der Waals surface area contributed by atoms with Crippen molar-refractivity contribution in [2.75, 3.05) is 6.54 Å². The van der Waals surface area contributed by atoms with Crippen molar-refractivity contribution in [1.29, 1.82) is 0 Å². The number of carboxylic acid groups (broad SMARTS) is 2. The molecule has 1 saturated heterocycles. The molecule has 0 aromatic rings. The fourth-order valence-electron chi connectivity index (χ4n) is 0.999. The number of halogens is 3. The Hall–Kier alpha value is -0.230. The molecule has 0 saturated carbocycles. The van der Waals surface area contributed by atoms with Gasteiger partial charge in [-0.15, -0.1) is 0 Å². The van der Waals surface area contributed by atoms with E-state index in [0.29, 0.717) is 0 Å². The molecule has 0 unspecified atom stereocenters. The van der Waals surface area contributed by atoms with Crippen LogP contribution in [0.3, 0.4) is 0 Å². The Morgan fingerprint density at radius 3 is 2.00 bits per heavy atom. The number of hydrogen-bond acceptors (Lipinski definition) is 3. The zero-order chi connectivity index (χ0) is 12.1. The van der Waals surface area contributed by atoms with Gasteiger partial charge in [0.1, 0.15) is 0 Å². The maximum Gasteiger partial charge on any atom is 0.362 e. The number of carbonyl (C=O) groups is 2. The number of aliphatic carboxylic acids is 2. The number of quaternary nitrogens is 1. The maximum atomic E-state index is 10.2. The Bertz CT molecular complexity index is 235. The van der Waals surface area contributed by atoms with Crippen molar-refractivity contribution in [2.24, 2.45) is 0 Å². The number of nitrogens with two attached hydrogens (primary N) is 1. The number of alkyl halides is 3. The van der Waals surface area contributed by atoms with Crippen LogP contribution in [-0.2, 0) is 9.59 Å². The normalized spacial score (nSPS) is 20.3. The molecule has 1 aliphatic rings. The van der Waals surface area contributed by atoms with Gasteiger partial charge in [0, 0.05) is 12.8 Å². The van der Waals surface area contributed by atoms with E-state index in [9.17, 15) is 14.7 Å². The molecular formula is C7H10Cl3NO4. The van der Waals surface area contributed by atoms with Crippen LogP contribution in [0, 0.1) is 0 Å². The van der Waals surface area contributed by atoms with E-state index in [-0.39, 0.29) is 6.04 Å². The summed E-state index contributed by atoms with van der Waals surface area (Å²) >= 11 is 14.2. The van der Waals surface area contributed by atoms with Crippen molar-refractivity contribution in [3.05, 3.63) is 0 Å². The van der Waals surface area contributed by atoms with E-state index in [2.05, 4.69) is 0 Å². The SMILES string of the molecule is O=C(O)[C@@H]1CCC[NH2+]1.O=C([O-])C(Cl)(Cl)Cl. The van der Waals surface area contributed by atoms with Crippen molar-refractivity contribution in [3.8, 4) is 0 Å². The second-order valence-corrected chi connectivity index (χ2v) is 5.18. The van der Waals surface area contributed by atoms with Gasteiger partial charge in [0.25, 0.3) is 0 Å². The zero-order valence-corrected chi connectivity index (χ0v) is 9.85. The van der Waals surface area contributed by atoms with Crippen LogP contribution in [-0.4, -0.2) is 33.4 Å². The molecule has 0 aromatic carbocycles. The van der Waals surface area contributed by atoms with Gasteiger partial charge in [0.05, 0.1) is 12.5 Å². The van der Waals surface area contributed by atoms with Gasteiger partial charge in [-0.25, -0.2) is 4.79 Å². The lowest BCUT2D eigenvalue weighted by Gasteiger charge is -2.09. The van der Waals surface area contributed by atoms with E-state index in [1.54, 1.807) is 0 Å². The van der Waals surface area contributed by atoms with E-state index in [4.69, 9.17) is 39.9 Å². The van der Waals surface area contributed by atoms with Crippen LogP contribution in [0.1, 0.15) is 12.8 Å². The molecular weight excluding hydrogens is 268 g/mol. The predicted octanol–water partition coefficient (Wildman–Crippen LogP) is -1.10. The minimum Gasteiger partial charge on any atom is -0.545 e. The largest absolute Gasteiger partial charge is 0.545 e. The molecule has 3 N–H and O–H groups in total. The molecule has 0 aliphatic carbocycles. The predicted molar refractivity (Wildman–Crippen MR) is 52.7 cm³/mol. The van der Waals surface area contributed by atoms with E-state index in [1.807, 2.05) is 5.32 Å². The van der Waals surface area contributed by atoms with Gasteiger partial charge in [-0.3, -0.25) is 0 Å². The highest BCUT2D eigenvalue weighted by molar-refractivity contribution is 6.75. The first-order chi connectivity index (χ1) is 6.75. The van der Waals surface area contributed by atoms with Crippen LogP contribution in [0.5, 0.6) is 0 Å². The van der Waals surface area contributed by atoms with Crippen LogP contribution < -0.4 is 10.4 Å². The van der Waals surface area contributed by atoms with Gasteiger partial charge in [-0.05, 0) is 0 Å². The summed E-state index contributed by atoms with van der Waals surface area (Å²) in [4.78, 5) is 19.7. The molecule has 8 heteroatoms. The van der Waals surface area contributed by atoms with E-state index in [1.165, 1.54) is 0 Å². The summed E-state index contributed by atoms with van der Waals surface area (Å²) in [6, 6.07) is -0.144. The second kappa shape index (κ2) is 6.37. The molecule has 0 bridgehead atoms. The highest BCUT2D eigenvalue weighted by Crippen LogP contribution is 2.24. The second-order valence-electron chi connectivity index (χ2n) is 2.90. The quantitative estimate of drug-likeness (QED) is 0.596. The zero-order valence-electron chi connectivity index (χ0n) is 7.58. The summed E-state index contributed by atoms with van der Waals surface area (Å²) in [5.74, 6) is -2.37. The number of carboxylic acids is 2. The van der Waals surface area contributed by atoms with Crippen LogP contribution in [0.4, 0.5) is 0 Å². The van der Waals surface area contributed by atoms with Gasteiger partial charge in [0.15, 0.2) is 6.04 Å². The van der Waals surface area contributed by atoms with Gasteiger partial charge >= 0.3 is 5.97 Å². The van der Waals surface area contributed by atoms with Crippen molar-refractivity contribution in [3.63, 3.8) is 0 Å². The summed E-state index contributed by atoms with van der Waals surface area (Å²) < 4.78 is -2.28. The number of rotatable bonds is 1. The Balaban J connectivity index is 0.000000265. The summed E-state index contributed by atoms with van der Waals surface area (Å²) in [5, 5.41) is 19.8. The summed E-state index contributed by atoms with van der Waals surface area (Å²) in [7, 11) is 0. The van der Waals surface area contributed by atoms with E-state index >= 15 is 0 Å². The molecule has 0 radical (unpaired) electrons. The first kappa shape index (κ1) is 14.8. The monoisotopic (exact) mass is 277 g/mol. The van der Waals surface area contributed by atoms with Gasteiger partial charge < -0.3 is 20.3 Å². The average molecular weight is 279 g/mol. The standard InChI is InChI=1S/C5H9NO2.C2HCl3O2/c7-5(8)4-2-1-3-6-4;3-2(4,5)1(6)7/h4,6H,1-3H2,(H,7,8);(H,6,7)/t4-;/m0./s1. The third-order valence-electron chi connectivity index (χ3n) is 1.72. The molecule has 1 atom stereocenters.